The third-order valence-electron chi connectivity index (χ3n) is 3.22. The zero-order valence-corrected chi connectivity index (χ0v) is 12.1. The van der Waals surface area contributed by atoms with E-state index in [1.807, 2.05) is 20.8 Å². The molecule has 0 spiro atoms. The van der Waals surface area contributed by atoms with Crippen molar-refractivity contribution >= 4 is 5.91 Å². The Morgan fingerprint density at radius 1 is 1.32 bits per heavy atom. The lowest BCUT2D eigenvalue weighted by Crippen LogP contribution is -2.33. The van der Waals surface area contributed by atoms with Crippen molar-refractivity contribution in [1.82, 2.24) is 10.2 Å². The highest BCUT2D eigenvalue weighted by Gasteiger charge is 2.19. The van der Waals surface area contributed by atoms with Gasteiger partial charge in [0.1, 0.15) is 5.82 Å². The molecule has 0 fully saturated rings. The summed E-state index contributed by atoms with van der Waals surface area (Å²) in [6.07, 6.45) is 0.424. The Balaban J connectivity index is 2.59. The first-order valence-electron chi connectivity index (χ1n) is 6.67. The van der Waals surface area contributed by atoms with E-state index in [4.69, 9.17) is 0 Å². The van der Waals surface area contributed by atoms with Crippen molar-refractivity contribution in [2.45, 2.75) is 39.3 Å². The number of rotatable bonds is 6. The fourth-order valence-electron chi connectivity index (χ4n) is 1.88. The highest BCUT2D eigenvalue weighted by Crippen LogP contribution is 2.21. The Bertz CT molecular complexity index is 420. The number of nitrogens with one attached hydrogen (secondary N) is 1. The van der Waals surface area contributed by atoms with E-state index in [1.165, 1.54) is 6.07 Å². The first kappa shape index (κ1) is 15.6. The smallest absolute Gasteiger partial charge is 0.224 e. The van der Waals surface area contributed by atoms with Crippen molar-refractivity contribution in [1.29, 1.82) is 0 Å². The van der Waals surface area contributed by atoms with Crippen LogP contribution in [0.2, 0.25) is 0 Å². The first-order chi connectivity index (χ1) is 8.93. The van der Waals surface area contributed by atoms with Gasteiger partial charge in [0.25, 0.3) is 0 Å². The van der Waals surface area contributed by atoms with E-state index in [0.29, 0.717) is 24.6 Å². The number of carbonyl (C=O) groups excluding carboxylic acids is 1. The predicted octanol–water partition coefficient (Wildman–Crippen LogP) is 2.73. The number of hydrogen-bond acceptors (Lipinski definition) is 2. The van der Waals surface area contributed by atoms with Crippen LogP contribution in [0.25, 0.3) is 0 Å². The summed E-state index contributed by atoms with van der Waals surface area (Å²) < 4.78 is 13.7. The maximum absolute atomic E-state index is 13.7. The molecule has 106 valence electrons. The zero-order chi connectivity index (χ0) is 14.4. The number of carbonyl (C=O) groups is 1. The summed E-state index contributed by atoms with van der Waals surface area (Å²) >= 11 is 0. The summed E-state index contributed by atoms with van der Waals surface area (Å²) in [4.78, 5) is 13.6. The maximum Gasteiger partial charge on any atom is 0.224 e. The van der Waals surface area contributed by atoms with Gasteiger partial charge in [-0.2, -0.15) is 0 Å². The van der Waals surface area contributed by atoms with E-state index in [2.05, 4.69) is 5.32 Å². The molecule has 0 heterocycles. The van der Waals surface area contributed by atoms with E-state index in [0.717, 1.165) is 0 Å². The molecule has 1 aromatic carbocycles. The molecule has 1 atom stereocenters. The molecule has 0 saturated carbocycles. The SMILES string of the molecule is CC(C)NCCC(=O)N(C)C(C)c1ccccc1F. The van der Waals surface area contributed by atoms with Crippen LogP contribution in [0.1, 0.15) is 38.8 Å². The maximum atomic E-state index is 13.7. The second kappa shape index (κ2) is 7.24. The van der Waals surface area contributed by atoms with Gasteiger partial charge in [-0.15, -0.1) is 0 Å². The lowest BCUT2D eigenvalue weighted by atomic mass is 10.1. The summed E-state index contributed by atoms with van der Waals surface area (Å²) in [5.74, 6) is -0.251. The third-order valence-corrected chi connectivity index (χ3v) is 3.22. The molecule has 0 bridgehead atoms. The van der Waals surface area contributed by atoms with Crippen LogP contribution in [-0.4, -0.2) is 30.4 Å². The quantitative estimate of drug-likeness (QED) is 0.858. The van der Waals surface area contributed by atoms with E-state index in [-0.39, 0.29) is 17.8 Å². The van der Waals surface area contributed by atoms with Gasteiger partial charge in [-0.05, 0) is 13.0 Å². The van der Waals surface area contributed by atoms with Crippen LogP contribution in [0, 0.1) is 5.82 Å². The van der Waals surface area contributed by atoms with Gasteiger partial charge in [-0.3, -0.25) is 4.79 Å². The normalized spacial score (nSPS) is 12.5. The summed E-state index contributed by atoms with van der Waals surface area (Å²) in [5.41, 5.74) is 0.551. The van der Waals surface area contributed by atoms with Gasteiger partial charge in [0.05, 0.1) is 6.04 Å². The summed E-state index contributed by atoms with van der Waals surface area (Å²) in [7, 11) is 1.72. The van der Waals surface area contributed by atoms with E-state index >= 15 is 0 Å². The van der Waals surface area contributed by atoms with Crippen LogP contribution < -0.4 is 5.32 Å². The van der Waals surface area contributed by atoms with Crippen LogP contribution in [0.5, 0.6) is 0 Å². The van der Waals surface area contributed by atoms with Gasteiger partial charge in [0.2, 0.25) is 5.91 Å². The molecule has 0 aromatic heterocycles. The van der Waals surface area contributed by atoms with Crippen LogP contribution in [-0.2, 0) is 4.79 Å². The molecule has 1 amide bonds. The number of halogens is 1. The standard InChI is InChI=1S/C15H23FN2O/c1-11(2)17-10-9-15(19)18(4)12(3)13-7-5-6-8-14(13)16/h5-8,11-12,17H,9-10H2,1-4H3. The number of benzene rings is 1. The van der Waals surface area contributed by atoms with Crippen LogP contribution in [0.3, 0.4) is 0 Å². The molecule has 0 aliphatic rings. The molecule has 4 heteroatoms. The van der Waals surface area contributed by atoms with Gasteiger partial charge >= 0.3 is 0 Å². The molecule has 19 heavy (non-hydrogen) atoms. The van der Waals surface area contributed by atoms with Crippen LogP contribution >= 0.6 is 0 Å². The monoisotopic (exact) mass is 266 g/mol. The average molecular weight is 266 g/mol. The van der Waals surface area contributed by atoms with Gasteiger partial charge in [0, 0.05) is 31.6 Å². The fraction of sp³-hybridized carbons (Fsp3) is 0.533. The topological polar surface area (TPSA) is 32.3 Å². The Morgan fingerprint density at radius 2 is 1.95 bits per heavy atom. The Kier molecular flexibility index (Phi) is 5.96. The van der Waals surface area contributed by atoms with Crippen LogP contribution in [0.4, 0.5) is 4.39 Å². The molecule has 0 aliphatic heterocycles. The largest absolute Gasteiger partial charge is 0.339 e. The van der Waals surface area contributed by atoms with Crippen molar-refractivity contribution in [3.05, 3.63) is 35.6 Å². The Hall–Kier alpha value is -1.42. The third kappa shape index (κ3) is 4.63. The van der Waals surface area contributed by atoms with Crippen molar-refractivity contribution in [3.8, 4) is 0 Å². The van der Waals surface area contributed by atoms with E-state index in [9.17, 15) is 9.18 Å². The highest BCUT2D eigenvalue weighted by molar-refractivity contribution is 5.76. The molecule has 1 N–H and O–H groups in total. The summed E-state index contributed by atoms with van der Waals surface area (Å²) in [5, 5.41) is 3.20. The minimum Gasteiger partial charge on any atom is -0.339 e. The van der Waals surface area contributed by atoms with E-state index < -0.39 is 0 Å². The lowest BCUT2D eigenvalue weighted by molar-refractivity contribution is -0.131. The van der Waals surface area contributed by atoms with Crippen molar-refractivity contribution in [2.75, 3.05) is 13.6 Å². The first-order valence-corrected chi connectivity index (χ1v) is 6.67. The summed E-state index contributed by atoms with van der Waals surface area (Å²) in [6, 6.07) is 6.68. The lowest BCUT2D eigenvalue weighted by Gasteiger charge is -2.26. The molecule has 1 unspecified atom stereocenters. The molecular formula is C15H23FN2O. The summed E-state index contributed by atoms with van der Waals surface area (Å²) in [6.45, 7) is 6.56. The number of amides is 1. The van der Waals surface area contributed by atoms with Crippen LogP contribution in [0.15, 0.2) is 24.3 Å². The molecule has 0 radical (unpaired) electrons. The molecule has 1 aromatic rings. The van der Waals surface area contributed by atoms with Gasteiger partial charge in [-0.1, -0.05) is 32.0 Å². The molecule has 0 saturated heterocycles. The second-order valence-corrected chi connectivity index (χ2v) is 5.06. The van der Waals surface area contributed by atoms with Crippen molar-refractivity contribution < 1.29 is 9.18 Å². The zero-order valence-electron chi connectivity index (χ0n) is 12.1. The molecular weight excluding hydrogens is 243 g/mol. The number of hydrogen-bond donors (Lipinski definition) is 1. The molecule has 3 nitrogen and oxygen atoms in total. The minimum atomic E-state index is -0.269. The highest BCUT2D eigenvalue weighted by atomic mass is 19.1. The van der Waals surface area contributed by atoms with E-state index in [1.54, 1.807) is 30.1 Å². The van der Waals surface area contributed by atoms with Crippen molar-refractivity contribution in [3.63, 3.8) is 0 Å². The predicted molar refractivity (Wildman–Crippen MR) is 75.3 cm³/mol. The second-order valence-electron chi connectivity index (χ2n) is 5.06. The van der Waals surface area contributed by atoms with Crippen molar-refractivity contribution in [2.24, 2.45) is 0 Å². The van der Waals surface area contributed by atoms with Gasteiger partial charge < -0.3 is 10.2 Å². The fourth-order valence-corrected chi connectivity index (χ4v) is 1.88. The Morgan fingerprint density at radius 3 is 2.53 bits per heavy atom. The molecule has 1 rings (SSSR count). The Labute approximate surface area is 114 Å². The van der Waals surface area contributed by atoms with Gasteiger partial charge in [-0.25, -0.2) is 4.39 Å². The average Bonchev–Trinajstić information content (AvgIpc) is 2.37. The minimum absolute atomic E-state index is 0.0175. The van der Waals surface area contributed by atoms with Gasteiger partial charge in [0.15, 0.2) is 0 Å². The molecule has 0 aliphatic carbocycles. The number of nitrogens with zero attached hydrogens (tertiary/aromatic N) is 1.